The highest BCUT2D eigenvalue weighted by Gasteiger charge is 2.27. The molecule has 0 fully saturated rings. The van der Waals surface area contributed by atoms with Gasteiger partial charge in [-0.25, -0.2) is 0 Å². The molecule has 45 heavy (non-hydrogen) atoms. The number of fused-ring (bicyclic) bond motifs is 3. The minimum absolute atomic E-state index is 0.0609. The van der Waals surface area contributed by atoms with Gasteiger partial charge in [-0.2, -0.15) is 4.57 Å². The van der Waals surface area contributed by atoms with E-state index in [9.17, 15) is 4.79 Å². The number of thioether (sulfide) groups is 1. The lowest BCUT2D eigenvalue weighted by Gasteiger charge is -2.17. The molecule has 1 aliphatic rings. The molecule has 7 rings (SSSR count). The van der Waals surface area contributed by atoms with Gasteiger partial charge in [0.15, 0.2) is 0 Å². The van der Waals surface area contributed by atoms with Gasteiger partial charge in [0.2, 0.25) is 5.69 Å². The number of allylic oxidation sites excluding steroid dienone is 1. The zero-order chi connectivity index (χ0) is 30.9. The van der Waals surface area contributed by atoms with E-state index in [1.165, 1.54) is 43.1 Å². The molecule has 1 aliphatic heterocycles. The second-order valence-corrected chi connectivity index (χ2v) is 13.9. The van der Waals surface area contributed by atoms with Crippen LogP contribution in [0.2, 0.25) is 0 Å². The molecule has 0 aliphatic carbocycles. The van der Waals surface area contributed by atoms with Crippen molar-refractivity contribution in [1.29, 1.82) is 0 Å². The standard InChI is InChI=1S/C38H34N3OS3/c1-4-39-30-22-21-26-15-13-14-20-29(26)37(30)44-32(39)24-23-31-38(42)41(6-3)34(43-31)25-33-40(5-2)35(27-16-9-7-10-17-27)36(45-33)28-18-11-8-12-19-28/h7-25H,4-6H2,1-3H3/q+1. The quantitative estimate of drug-likeness (QED) is 0.166. The molecule has 0 saturated heterocycles. The number of benzene rings is 4. The number of rotatable bonds is 7. The van der Waals surface area contributed by atoms with E-state index in [0.29, 0.717) is 6.54 Å². The molecule has 0 spiro atoms. The maximum absolute atomic E-state index is 13.7. The van der Waals surface area contributed by atoms with Gasteiger partial charge in [-0.3, -0.25) is 9.36 Å². The average molecular weight is 645 g/mol. The third-order valence-electron chi connectivity index (χ3n) is 8.17. The fourth-order valence-corrected chi connectivity index (χ4v) is 9.70. The summed E-state index contributed by atoms with van der Waals surface area (Å²) in [4.78, 5) is 18.6. The molecule has 4 aromatic carbocycles. The van der Waals surface area contributed by atoms with E-state index in [2.05, 4.69) is 133 Å². The lowest BCUT2D eigenvalue weighted by Crippen LogP contribution is -2.36. The van der Waals surface area contributed by atoms with Gasteiger partial charge in [0.1, 0.15) is 16.1 Å². The summed E-state index contributed by atoms with van der Waals surface area (Å²) < 4.78 is 6.00. The molecule has 6 aromatic rings. The smallest absolute Gasteiger partial charge is 0.269 e. The lowest BCUT2D eigenvalue weighted by atomic mass is 10.1. The Balaban J connectivity index is 1.35. The normalized spacial score (nSPS) is 14.6. The van der Waals surface area contributed by atoms with Crippen LogP contribution < -0.4 is 24.2 Å². The second-order valence-electron chi connectivity index (χ2n) is 10.7. The fraction of sp³-hybridized carbons (Fsp3) is 0.158. The van der Waals surface area contributed by atoms with E-state index >= 15 is 0 Å². The Kier molecular flexibility index (Phi) is 8.32. The molecular formula is C38H34N3OS3+. The van der Waals surface area contributed by atoms with Crippen LogP contribution in [-0.4, -0.2) is 11.1 Å². The Hall–Kier alpha value is -4.17. The molecule has 0 saturated carbocycles. The molecule has 0 atom stereocenters. The molecule has 4 nitrogen and oxygen atoms in total. The summed E-state index contributed by atoms with van der Waals surface area (Å²) in [5, 5.41) is 4.80. The van der Waals surface area contributed by atoms with Gasteiger partial charge in [0, 0.05) is 23.5 Å². The Morgan fingerprint density at radius 2 is 1.47 bits per heavy atom. The number of aromatic nitrogens is 2. The first-order valence-corrected chi connectivity index (χ1v) is 17.8. The van der Waals surface area contributed by atoms with Gasteiger partial charge in [-0.1, -0.05) is 102 Å². The lowest BCUT2D eigenvalue weighted by molar-refractivity contribution is -0.679. The minimum Gasteiger partial charge on any atom is -0.335 e. The largest absolute Gasteiger partial charge is 0.335 e. The van der Waals surface area contributed by atoms with E-state index in [1.54, 1.807) is 34.4 Å². The number of hydrogen-bond donors (Lipinski definition) is 0. The average Bonchev–Trinajstić information content (AvgIpc) is 3.74. The Morgan fingerprint density at radius 1 is 0.756 bits per heavy atom. The summed E-state index contributed by atoms with van der Waals surface area (Å²) in [6.07, 6.45) is 6.35. The maximum Gasteiger partial charge on any atom is 0.269 e. The van der Waals surface area contributed by atoms with Gasteiger partial charge >= 0.3 is 0 Å². The summed E-state index contributed by atoms with van der Waals surface area (Å²) >= 11 is 5.15. The minimum atomic E-state index is 0.0609. The van der Waals surface area contributed by atoms with E-state index in [4.69, 9.17) is 0 Å². The molecule has 2 aromatic heterocycles. The van der Waals surface area contributed by atoms with Crippen LogP contribution in [0.5, 0.6) is 0 Å². The molecular weight excluding hydrogens is 611 g/mol. The third kappa shape index (κ3) is 5.39. The van der Waals surface area contributed by atoms with Crippen molar-refractivity contribution in [2.45, 2.75) is 38.8 Å². The number of hydrogen-bond acceptors (Lipinski definition) is 5. The van der Waals surface area contributed by atoms with Crippen molar-refractivity contribution in [2.75, 3.05) is 11.4 Å². The van der Waals surface area contributed by atoms with Gasteiger partial charge in [0.05, 0.1) is 21.3 Å². The highest BCUT2D eigenvalue weighted by Crippen LogP contribution is 2.49. The van der Waals surface area contributed by atoms with Crippen LogP contribution in [-0.2, 0) is 13.1 Å². The van der Waals surface area contributed by atoms with E-state index in [0.717, 1.165) is 32.3 Å². The summed E-state index contributed by atoms with van der Waals surface area (Å²) in [5.74, 6) is 0. The molecule has 0 radical (unpaired) electrons. The first kappa shape index (κ1) is 29.5. The van der Waals surface area contributed by atoms with Crippen molar-refractivity contribution in [3.8, 4) is 21.7 Å². The number of anilines is 1. The Labute approximate surface area is 275 Å². The van der Waals surface area contributed by atoms with Crippen LogP contribution in [0.1, 0.15) is 25.8 Å². The van der Waals surface area contributed by atoms with Gasteiger partial charge < -0.3 is 4.90 Å². The van der Waals surface area contributed by atoms with Crippen LogP contribution in [0.25, 0.3) is 44.6 Å². The first-order valence-electron chi connectivity index (χ1n) is 15.4. The van der Waals surface area contributed by atoms with Gasteiger partial charge in [-0.05, 0) is 67.5 Å². The highest BCUT2D eigenvalue weighted by atomic mass is 32.2. The predicted molar refractivity (Wildman–Crippen MR) is 194 cm³/mol. The zero-order valence-electron chi connectivity index (χ0n) is 25.6. The van der Waals surface area contributed by atoms with E-state index in [1.807, 2.05) is 17.6 Å². The van der Waals surface area contributed by atoms with Gasteiger partial charge in [0.25, 0.3) is 10.6 Å². The SMILES string of the molecule is CCN1C(=CC=c2sc(=Cc3sc(-c4ccccc4)c(-c4ccccc4)[n+]3CC)n(CC)c2=O)Sc2c1ccc1ccccc21. The van der Waals surface area contributed by atoms with E-state index in [-0.39, 0.29) is 5.56 Å². The van der Waals surface area contributed by atoms with Crippen LogP contribution >= 0.6 is 34.4 Å². The van der Waals surface area contributed by atoms with Crippen LogP contribution in [0.3, 0.4) is 0 Å². The van der Waals surface area contributed by atoms with Crippen LogP contribution in [0, 0.1) is 0 Å². The molecule has 0 N–H and O–H groups in total. The van der Waals surface area contributed by atoms with Crippen molar-refractivity contribution < 1.29 is 4.57 Å². The zero-order valence-corrected chi connectivity index (χ0v) is 28.0. The molecule has 0 bridgehead atoms. The first-order chi connectivity index (χ1) is 22.1. The van der Waals surface area contributed by atoms with Crippen LogP contribution in [0.4, 0.5) is 5.69 Å². The number of nitrogens with zero attached hydrogens (tertiary/aromatic N) is 3. The van der Waals surface area contributed by atoms with Crippen molar-refractivity contribution in [3.63, 3.8) is 0 Å². The van der Waals surface area contributed by atoms with Crippen molar-refractivity contribution >= 4 is 63.0 Å². The molecule has 0 unspecified atom stereocenters. The third-order valence-corrected chi connectivity index (χ3v) is 11.6. The van der Waals surface area contributed by atoms with Crippen molar-refractivity contribution in [2.24, 2.45) is 0 Å². The highest BCUT2D eigenvalue weighted by molar-refractivity contribution is 8.04. The topological polar surface area (TPSA) is 29.1 Å². The summed E-state index contributed by atoms with van der Waals surface area (Å²) in [7, 11) is 0. The maximum atomic E-state index is 13.7. The van der Waals surface area contributed by atoms with Gasteiger partial charge in [-0.15, -0.1) is 11.3 Å². The predicted octanol–water partition coefficient (Wildman–Crippen LogP) is 7.87. The monoisotopic (exact) mass is 644 g/mol. The summed E-state index contributed by atoms with van der Waals surface area (Å²) in [6, 6.07) is 34.2. The second kappa shape index (κ2) is 12.7. The molecule has 0 amide bonds. The Morgan fingerprint density at radius 3 is 2.18 bits per heavy atom. The Bertz CT molecular complexity index is 2230. The van der Waals surface area contributed by atoms with E-state index < -0.39 is 0 Å². The van der Waals surface area contributed by atoms with Crippen LogP contribution in [0.15, 0.2) is 118 Å². The van der Waals surface area contributed by atoms with Crippen molar-refractivity contribution in [3.05, 3.63) is 133 Å². The molecule has 224 valence electrons. The van der Waals surface area contributed by atoms with Crippen molar-refractivity contribution in [1.82, 2.24) is 4.57 Å². The fourth-order valence-electron chi connectivity index (χ4n) is 6.02. The molecule has 7 heteroatoms. The molecule has 3 heterocycles. The summed E-state index contributed by atoms with van der Waals surface area (Å²) in [5.41, 5.74) is 4.90. The summed E-state index contributed by atoms with van der Waals surface area (Å²) in [6.45, 7) is 8.73. The number of thiazole rings is 2.